The molecule has 2 aromatic heterocycles. The number of nitrogens with one attached hydrogen (secondary N) is 1. The normalized spacial score (nSPS) is 10.8. The molecule has 1 aromatic carbocycles. The van der Waals surface area contributed by atoms with Crippen LogP contribution in [0.5, 0.6) is 0 Å². The van der Waals surface area contributed by atoms with Crippen LogP contribution in [0.4, 0.5) is 5.69 Å². The Morgan fingerprint density at radius 2 is 1.88 bits per heavy atom. The van der Waals surface area contributed by atoms with Crippen molar-refractivity contribution in [1.29, 1.82) is 0 Å². The zero-order chi connectivity index (χ0) is 11.8. The number of benzene rings is 1. The van der Waals surface area contributed by atoms with Crippen LogP contribution < -0.4 is 11.3 Å². The molecular formula is C12H10N4O. The van der Waals surface area contributed by atoms with E-state index in [2.05, 4.69) is 10.2 Å². The van der Waals surface area contributed by atoms with E-state index in [0.29, 0.717) is 17.2 Å². The Morgan fingerprint density at radius 1 is 1.12 bits per heavy atom. The second kappa shape index (κ2) is 3.48. The molecule has 0 unspecified atom stereocenters. The van der Waals surface area contributed by atoms with E-state index in [9.17, 15) is 4.79 Å². The Morgan fingerprint density at radius 3 is 2.65 bits per heavy atom. The van der Waals surface area contributed by atoms with Gasteiger partial charge in [0.2, 0.25) is 0 Å². The van der Waals surface area contributed by atoms with Crippen molar-refractivity contribution in [2.24, 2.45) is 0 Å². The average Bonchev–Trinajstić information content (AvgIpc) is 2.75. The molecule has 0 amide bonds. The molecule has 0 spiro atoms. The molecule has 2 heterocycles. The largest absolute Gasteiger partial charge is 0.399 e. The summed E-state index contributed by atoms with van der Waals surface area (Å²) in [4.78, 5) is 11.8. The van der Waals surface area contributed by atoms with Gasteiger partial charge >= 0.3 is 0 Å². The van der Waals surface area contributed by atoms with Gasteiger partial charge in [-0.2, -0.15) is 5.10 Å². The predicted molar refractivity (Wildman–Crippen MR) is 65.7 cm³/mol. The molecule has 0 atom stereocenters. The van der Waals surface area contributed by atoms with Gasteiger partial charge in [-0.25, -0.2) is 4.40 Å². The highest BCUT2D eigenvalue weighted by atomic mass is 16.1. The second-order valence-electron chi connectivity index (χ2n) is 3.75. The third kappa shape index (κ3) is 1.48. The highest BCUT2D eigenvalue weighted by molar-refractivity contribution is 5.61. The van der Waals surface area contributed by atoms with Gasteiger partial charge in [0, 0.05) is 17.3 Å². The molecule has 3 N–H and O–H groups in total. The molecule has 0 fully saturated rings. The molecule has 0 saturated heterocycles. The lowest BCUT2D eigenvalue weighted by Gasteiger charge is -1.99. The molecule has 3 rings (SSSR count). The highest BCUT2D eigenvalue weighted by Gasteiger charge is 2.08. The van der Waals surface area contributed by atoms with Crippen molar-refractivity contribution < 1.29 is 0 Å². The number of rotatable bonds is 1. The first-order valence-corrected chi connectivity index (χ1v) is 5.18. The van der Waals surface area contributed by atoms with E-state index in [-0.39, 0.29) is 5.56 Å². The van der Waals surface area contributed by atoms with Gasteiger partial charge in [-0.15, -0.1) is 0 Å². The molecule has 84 valence electrons. The van der Waals surface area contributed by atoms with Crippen LogP contribution in [0.3, 0.4) is 0 Å². The van der Waals surface area contributed by atoms with Crippen LogP contribution >= 0.6 is 0 Å². The minimum absolute atomic E-state index is 0.108. The first-order valence-electron chi connectivity index (χ1n) is 5.18. The van der Waals surface area contributed by atoms with Crippen molar-refractivity contribution in [1.82, 2.24) is 14.6 Å². The predicted octanol–water partition coefficient (Wildman–Crippen LogP) is 1.27. The van der Waals surface area contributed by atoms with Crippen molar-refractivity contribution in [3.8, 4) is 11.4 Å². The zero-order valence-corrected chi connectivity index (χ0v) is 8.92. The van der Waals surface area contributed by atoms with Gasteiger partial charge in [0.15, 0.2) is 5.82 Å². The van der Waals surface area contributed by atoms with E-state index in [4.69, 9.17) is 5.73 Å². The van der Waals surface area contributed by atoms with Gasteiger partial charge in [-0.05, 0) is 30.3 Å². The molecule has 0 aliphatic rings. The Kier molecular flexibility index (Phi) is 1.98. The van der Waals surface area contributed by atoms with E-state index in [1.54, 1.807) is 24.3 Å². The van der Waals surface area contributed by atoms with E-state index < -0.39 is 0 Å². The Bertz CT molecular complexity index is 724. The smallest absolute Gasteiger partial charge is 0.257 e. The molecular weight excluding hydrogens is 216 g/mol. The first kappa shape index (κ1) is 9.65. The van der Waals surface area contributed by atoms with Crippen molar-refractivity contribution in [3.63, 3.8) is 0 Å². The molecule has 17 heavy (non-hydrogen) atoms. The molecule has 3 aromatic rings. The quantitative estimate of drug-likeness (QED) is 0.613. The number of aromatic amines is 1. The first-order chi connectivity index (χ1) is 8.25. The van der Waals surface area contributed by atoms with Crippen molar-refractivity contribution >= 4 is 11.3 Å². The van der Waals surface area contributed by atoms with Gasteiger partial charge < -0.3 is 5.73 Å². The summed E-state index contributed by atoms with van der Waals surface area (Å²) in [6.07, 6.45) is 0. The molecule has 0 aliphatic heterocycles. The fourth-order valence-electron chi connectivity index (χ4n) is 1.78. The fourth-order valence-corrected chi connectivity index (χ4v) is 1.78. The number of hydrogen-bond acceptors (Lipinski definition) is 3. The van der Waals surface area contributed by atoms with Crippen LogP contribution in [0.25, 0.3) is 17.0 Å². The van der Waals surface area contributed by atoms with Gasteiger partial charge in [0.05, 0.1) is 0 Å². The Hall–Kier alpha value is -2.56. The summed E-state index contributed by atoms with van der Waals surface area (Å²) in [7, 11) is 0. The van der Waals surface area contributed by atoms with Crippen LogP contribution in [0.15, 0.2) is 47.3 Å². The van der Waals surface area contributed by atoms with Gasteiger partial charge in [0.1, 0.15) is 5.65 Å². The maximum absolute atomic E-state index is 11.8. The summed E-state index contributed by atoms with van der Waals surface area (Å²) >= 11 is 0. The van der Waals surface area contributed by atoms with Crippen molar-refractivity contribution in [2.75, 3.05) is 5.73 Å². The number of anilines is 1. The minimum Gasteiger partial charge on any atom is -0.399 e. The third-order valence-electron chi connectivity index (χ3n) is 2.61. The Balaban J connectivity index is 2.31. The molecule has 0 saturated carbocycles. The summed E-state index contributed by atoms with van der Waals surface area (Å²) in [5, 5.41) is 6.98. The van der Waals surface area contributed by atoms with Gasteiger partial charge in [-0.1, -0.05) is 6.07 Å². The second-order valence-corrected chi connectivity index (χ2v) is 3.75. The number of pyridine rings is 1. The number of nitrogen functional groups attached to an aromatic ring is 1. The Labute approximate surface area is 96.5 Å². The monoisotopic (exact) mass is 226 g/mol. The number of fused-ring (bicyclic) bond motifs is 1. The summed E-state index contributed by atoms with van der Waals surface area (Å²) < 4.78 is 1.53. The van der Waals surface area contributed by atoms with E-state index in [1.165, 1.54) is 10.5 Å². The van der Waals surface area contributed by atoms with Crippen LogP contribution in [-0.2, 0) is 0 Å². The number of aromatic nitrogens is 3. The molecule has 0 bridgehead atoms. The van der Waals surface area contributed by atoms with Crippen LogP contribution in [0.2, 0.25) is 0 Å². The molecule has 0 radical (unpaired) electrons. The summed E-state index contributed by atoms with van der Waals surface area (Å²) in [6.45, 7) is 0. The average molecular weight is 226 g/mol. The fraction of sp³-hybridized carbons (Fsp3) is 0. The van der Waals surface area contributed by atoms with E-state index in [1.807, 2.05) is 12.1 Å². The summed E-state index contributed by atoms with van der Waals surface area (Å²) in [6, 6.07) is 12.2. The SMILES string of the molecule is Nc1ccc(-c2n[nH]c3cccc(=O)n23)cc1. The van der Waals surface area contributed by atoms with Crippen LogP contribution in [0.1, 0.15) is 0 Å². The van der Waals surface area contributed by atoms with Crippen molar-refractivity contribution in [2.45, 2.75) is 0 Å². The minimum atomic E-state index is -0.108. The maximum atomic E-state index is 11.8. The zero-order valence-electron chi connectivity index (χ0n) is 8.92. The maximum Gasteiger partial charge on any atom is 0.257 e. The number of nitrogens with two attached hydrogens (primary N) is 1. The summed E-state index contributed by atoms with van der Waals surface area (Å²) in [5.74, 6) is 0.589. The third-order valence-corrected chi connectivity index (χ3v) is 2.61. The summed E-state index contributed by atoms with van der Waals surface area (Å²) in [5.41, 5.74) is 7.72. The van der Waals surface area contributed by atoms with Gasteiger partial charge in [-0.3, -0.25) is 9.89 Å². The lowest BCUT2D eigenvalue weighted by molar-refractivity contribution is 1.09. The van der Waals surface area contributed by atoms with Crippen LogP contribution in [0, 0.1) is 0 Å². The van der Waals surface area contributed by atoms with Crippen molar-refractivity contribution in [3.05, 3.63) is 52.8 Å². The van der Waals surface area contributed by atoms with Gasteiger partial charge in [0.25, 0.3) is 5.56 Å². The number of nitrogens with zero attached hydrogens (tertiary/aromatic N) is 2. The van der Waals surface area contributed by atoms with Crippen LogP contribution in [-0.4, -0.2) is 14.6 Å². The van der Waals surface area contributed by atoms with E-state index in [0.717, 1.165) is 5.56 Å². The standard InChI is InChI=1S/C12H10N4O/c13-9-6-4-8(5-7-9)12-15-14-10-2-1-3-11(17)16(10)12/h1-7,14H,13H2. The lowest BCUT2D eigenvalue weighted by atomic mass is 10.2. The van der Waals surface area contributed by atoms with E-state index >= 15 is 0 Å². The number of hydrogen-bond donors (Lipinski definition) is 2. The molecule has 5 nitrogen and oxygen atoms in total. The molecule has 0 aliphatic carbocycles. The highest BCUT2D eigenvalue weighted by Crippen LogP contribution is 2.17. The topological polar surface area (TPSA) is 76.2 Å². The number of H-pyrrole nitrogens is 1. The lowest BCUT2D eigenvalue weighted by Crippen LogP contribution is -2.11. The molecule has 5 heteroatoms.